The van der Waals surface area contributed by atoms with Gasteiger partial charge in [0.25, 0.3) is 0 Å². The van der Waals surface area contributed by atoms with Crippen LogP contribution in [0.15, 0.2) is 33.8 Å². The highest BCUT2D eigenvalue weighted by molar-refractivity contribution is 14.0. The van der Waals surface area contributed by atoms with E-state index in [9.17, 15) is 0 Å². The van der Waals surface area contributed by atoms with Gasteiger partial charge in [0.1, 0.15) is 11.5 Å². The lowest BCUT2D eigenvalue weighted by molar-refractivity contribution is 0.392. The van der Waals surface area contributed by atoms with Gasteiger partial charge in [-0.25, -0.2) is 0 Å². The minimum absolute atomic E-state index is 0. The summed E-state index contributed by atoms with van der Waals surface area (Å²) in [6.07, 6.45) is 0.852. The maximum absolute atomic E-state index is 5.17. The number of nitrogens with zero attached hydrogens (tertiary/aromatic N) is 2. The van der Waals surface area contributed by atoms with Crippen molar-refractivity contribution < 1.29 is 9.26 Å². The smallest absolute Gasteiger partial charge is 0.191 e. The summed E-state index contributed by atoms with van der Waals surface area (Å²) in [5.74, 6) is 2.51. The fourth-order valence-electron chi connectivity index (χ4n) is 2.31. The van der Waals surface area contributed by atoms with E-state index in [-0.39, 0.29) is 24.0 Å². The number of hydrogen-bond donors (Lipinski definition) is 2. The van der Waals surface area contributed by atoms with E-state index < -0.39 is 0 Å². The maximum Gasteiger partial charge on any atom is 0.191 e. The molecule has 24 heavy (non-hydrogen) atoms. The SMILES string of the molecule is CN=C(NCCc1c(C)noc1C)NCc1ccc(OC)cc1.I. The van der Waals surface area contributed by atoms with Crippen LogP contribution in [0, 0.1) is 13.8 Å². The summed E-state index contributed by atoms with van der Waals surface area (Å²) in [6.45, 7) is 5.37. The van der Waals surface area contributed by atoms with Crippen LogP contribution in [-0.2, 0) is 13.0 Å². The molecule has 0 saturated carbocycles. The molecule has 0 amide bonds. The first kappa shape index (κ1) is 20.3. The van der Waals surface area contributed by atoms with E-state index in [1.54, 1.807) is 14.2 Å². The number of aryl methyl sites for hydroxylation is 2. The van der Waals surface area contributed by atoms with Gasteiger partial charge in [0, 0.05) is 25.7 Å². The number of guanidine groups is 1. The Morgan fingerprint density at radius 1 is 1.21 bits per heavy atom. The van der Waals surface area contributed by atoms with E-state index in [1.165, 1.54) is 5.56 Å². The lowest BCUT2D eigenvalue weighted by Gasteiger charge is -2.12. The van der Waals surface area contributed by atoms with Crippen molar-refractivity contribution in [2.24, 2.45) is 4.99 Å². The van der Waals surface area contributed by atoms with E-state index >= 15 is 0 Å². The summed E-state index contributed by atoms with van der Waals surface area (Å²) in [7, 11) is 3.43. The molecule has 0 aliphatic carbocycles. The number of nitrogens with one attached hydrogen (secondary N) is 2. The molecule has 0 atom stereocenters. The molecule has 0 saturated heterocycles. The summed E-state index contributed by atoms with van der Waals surface area (Å²) in [6, 6.07) is 7.96. The van der Waals surface area contributed by atoms with Gasteiger partial charge in [-0.1, -0.05) is 17.3 Å². The summed E-state index contributed by atoms with van der Waals surface area (Å²) < 4.78 is 10.3. The predicted molar refractivity (Wildman–Crippen MR) is 106 cm³/mol. The Bertz CT molecular complexity index is 634. The first-order chi connectivity index (χ1) is 11.1. The first-order valence-corrected chi connectivity index (χ1v) is 7.63. The third kappa shape index (κ3) is 5.70. The highest BCUT2D eigenvalue weighted by Gasteiger charge is 2.08. The molecule has 2 rings (SSSR count). The molecule has 0 bridgehead atoms. The number of benzene rings is 1. The average Bonchev–Trinajstić information content (AvgIpc) is 2.90. The van der Waals surface area contributed by atoms with Crippen LogP contribution < -0.4 is 15.4 Å². The van der Waals surface area contributed by atoms with Crippen LogP contribution in [0.1, 0.15) is 22.6 Å². The molecule has 0 radical (unpaired) electrons. The van der Waals surface area contributed by atoms with Crippen molar-refractivity contribution in [3.8, 4) is 5.75 Å². The fraction of sp³-hybridized carbons (Fsp3) is 0.412. The molecule has 1 aromatic carbocycles. The van der Waals surface area contributed by atoms with E-state index in [1.807, 2.05) is 38.1 Å². The Kier molecular flexibility index (Phi) is 8.59. The molecule has 6 nitrogen and oxygen atoms in total. The highest BCUT2D eigenvalue weighted by atomic mass is 127. The van der Waals surface area contributed by atoms with Gasteiger partial charge in [0.15, 0.2) is 5.96 Å². The second kappa shape index (κ2) is 10.2. The van der Waals surface area contributed by atoms with Gasteiger partial charge >= 0.3 is 0 Å². The number of hydrogen-bond acceptors (Lipinski definition) is 4. The first-order valence-electron chi connectivity index (χ1n) is 7.63. The summed E-state index contributed by atoms with van der Waals surface area (Å²) in [4.78, 5) is 4.23. The van der Waals surface area contributed by atoms with Crippen molar-refractivity contribution in [3.05, 3.63) is 46.8 Å². The highest BCUT2D eigenvalue weighted by Crippen LogP contribution is 2.12. The quantitative estimate of drug-likeness (QED) is 0.408. The summed E-state index contributed by atoms with van der Waals surface area (Å²) in [5, 5.41) is 10.6. The fourth-order valence-corrected chi connectivity index (χ4v) is 2.31. The van der Waals surface area contributed by atoms with Gasteiger partial charge in [-0.2, -0.15) is 0 Å². The van der Waals surface area contributed by atoms with Crippen LogP contribution in [0.5, 0.6) is 5.75 Å². The van der Waals surface area contributed by atoms with Crippen molar-refractivity contribution in [3.63, 3.8) is 0 Å². The average molecular weight is 444 g/mol. The van der Waals surface area contributed by atoms with E-state index in [0.29, 0.717) is 6.54 Å². The van der Waals surface area contributed by atoms with Gasteiger partial charge < -0.3 is 19.9 Å². The van der Waals surface area contributed by atoms with Crippen LogP contribution in [0.25, 0.3) is 0 Å². The predicted octanol–water partition coefficient (Wildman–Crippen LogP) is 2.83. The molecule has 1 heterocycles. The molecule has 0 aliphatic heterocycles. The maximum atomic E-state index is 5.17. The number of halogens is 1. The Hall–Kier alpha value is -1.77. The van der Waals surface area contributed by atoms with E-state index in [2.05, 4.69) is 20.8 Å². The molecule has 2 aromatic rings. The van der Waals surface area contributed by atoms with Crippen LogP contribution in [-0.4, -0.2) is 31.8 Å². The van der Waals surface area contributed by atoms with Gasteiger partial charge in [0.2, 0.25) is 0 Å². The largest absolute Gasteiger partial charge is 0.497 e. The van der Waals surface area contributed by atoms with Gasteiger partial charge in [0.05, 0.1) is 12.8 Å². The van der Waals surface area contributed by atoms with Crippen LogP contribution in [0.3, 0.4) is 0 Å². The normalized spacial score (nSPS) is 10.9. The molecule has 1 aromatic heterocycles. The number of aliphatic imine (C=N–C) groups is 1. The minimum atomic E-state index is 0. The van der Waals surface area contributed by atoms with Gasteiger partial charge in [-0.3, -0.25) is 4.99 Å². The topological polar surface area (TPSA) is 71.7 Å². The van der Waals surface area contributed by atoms with Gasteiger partial charge in [-0.15, -0.1) is 24.0 Å². The van der Waals surface area contributed by atoms with E-state index in [0.717, 1.165) is 41.7 Å². The third-order valence-corrected chi connectivity index (χ3v) is 3.69. The zero-order valence-electron chi connectivity index (χ0n) is 14.5. The van der Waals surface area contributed by atoms with Crippen molar-refractivity contribution in [2.45, 2.75) is 26.8 Å². The third-order valence-electron chi connectivity index (χ3n) is 3.69. The Labute approximate surface area is 160 Å². The number of rotatable bonds is 6. The van der Waals surface area contributed by atoms with Crippen LogP contribution in [0.2, 0.25) is 0 Å². The number of ether oxygens (including phenoxy) is 1. The zero-order chi connectivity index (χ0) is 16.7. The van der Waals surface area contributed by atoms with E-state index in [4.69, 9.17) is 9.26 Å². The minimum Gasteiger partial charge on any atom is -0.497 e. The molecule has 132 valence electrons. The molecule has 0 fully saturated rings. The lowest BCUT2D eigenvalue weighted by atomic mass is 10.1. The monoisotopic (exact) mass is 444 g/mol. The van der Waals surface area contributed by atoms with Crippen molar-refractivity contribution >= 4 is 29.9 Å². The summed E-state index contributed by atoms with van der Waals surface area (Å²) in [5.41, 5.74) is 3.27. The zero-order valence-corrected chi connectivity index (χ0v) is 16.9. The van der Waals surface area contributed by atoms with Crippen molar-refractivity contribution in [1.82, 2.24) is 15.8 Å². The molecular weight excluding hydrogens is 419 g/mol. The number of aromatic nitrogens is 1. The summed E-state index contributed by atoms with van der Waals surface area (Å²) >= 11 is 0. The second-order valence-corrected chi connectivity index (χ2v) is 5.25. The Morgan fingerprint density at radius 2 is 1.92 bits per heavy atom. The second-order valence-electron chi connectivity index (χ2n) is 5.25. The van der Waals surface area contributed by atoms with Crippen LogP contribution in [0.4, 0.5) is 0 Å². The van der Waals surface area contributed by atoms with Crippen molar-refractivity contribution in [1.29, 1.82) is 0 Å². The standard InChI is InChI=1S/C17H24N4O2.HI/c1-12-16(13(2)23-21-12)9-10-19-17(18-3)20-11-14-5-7-15(22-4)8-6-14;/h5-8H,9-11H2,1-4H3,(H2,18,19,20);1H. The Morgan fingerprint density at radius 3 is 2.46 bits per heavy atom. The van der Waals surface area contributed by atoms with Crippen LogP contribution >= 0.6 is 24.0 Å². The molecule has 0 unspecified atom stereocenters. The molecule has 0 aliphatic rings. The number of methoxy groups -OCH3 is 1. The van der Waals surface area contributed by atoms with Gasteiger partial charge in [-0.05, 0) is 38.0 Å². The molecule has 7 heteroatoms. The molecule has 0 spiro atoms. The lowest BCUT2D eigenvalue weighted by Crippen LogP contribution is -2.37. The van der Waals surface area contributed by atoms with Crippen molar-refractivity contribution in [2.75, 3.05) is 20.7 Å². The molecular formula is C17H25IN4O2. The Balaban J connectivity index is 0.00000288. The molecule has 2 N–H and O–H groups in total.